The van der Waals surface area contributed by atoms with E-state index in [1.807, 2.05) is 17.0 Å². The quantitative estimate of drug-likeness (QED) is 0.855. The summed E-state index contributed by atoms with van der Waals surface area (Å²) < 4.78 is 5.81. The van der Waals surface area contributed by atoms with Gasteiger partial charge in [0, 0.05) is 31.3 Å². The van der Waals surface area contributed by atoms with E-state index in [1.54, 1.807) is 31.0 Å². The molecule has 0 spiro atoms. The fourth-order valence-corrected chi connectivity index (χ4v) is 2.57. The average molecular weight is 298 g/mol. The Balaban J connectivity index is 1.57. The summed E-state index contributed by atoms with van der Waals surface area (Å²) in [4.78, 5) is 26.4. The molecule has 0 aliphatic carbocycles. The molecule has 1 aliphatic rings. The lowest BCUT2D eigenvalue weighted by Gasteiger charge is -2.32. The van der Waals surface area contributed by atoms with Gasteiger partial charge in [0.25, 0.3) is 0 Å². The van der Waals surface area contributed by atoms with Crippen LogP contribution in [0, 0.1) is 0 Å². The minimum Gasteiger partial charge on any atom is -0.471 e. The van der Waals surface area contributed by atoms with Crippen molar-refractivity contribution in [3.05, 3.63) is 48.7 Å². The Kier molecular flexibility index (Phi) is 4.58. The summed E-state index contributed by atoms with van der Waals surface area (Å²) in [5.41, 5.74) is 0.935. The second kappa shape index (κ2) is 6.98. The third-order valence-corrected chi connectivity index (χ3v) is 3.64. The van der Waals surface area contributed by atoms with Crippen LogP contribution in [-0.2, 0) is 11.2 Å². The van der Waals surface area contributed by atoms with Gasteiger partial charge in [0.1, 0.15) is 6.10 Å². The van der Waals surface area contributed by atoms with Crippen LogP contribution >= 0.6 is 0 Å². The lowest BCUT2D eigenvalue weighted by molar-refractivity contribution is -0.133. The molecular formula is C16H18N4O2. The summed E-state index contributed by atoms with van der Waals surface area (Å²) >= 11 is 0. The first-order chi connectivity index (χ1) is 10.8. The van der Waals surface area contributed by atoms with Crippen molar-refractivity contribution < 1.29 is 9.53 Å². The molecular weight excluding hydrogens is 280 g/mol. The number of carbonyl (C=O) groups excluding carboxylic acids is 1. The van der Waals surface area contributed by atoms with Crippen LogP contribution in [0.1, 0.15) is 18.4 Å². The van der Waals surface area contributed by atoms with Crippen molar-refractivity contribution in [3.63, 3.8) is 0 Å². The molecule has 3 heterocycles. The normalized spacial score (nSPS) is 18.0. The fourth-order valence-electron chi connectivity index (χ4n) is 2.57. The Morgan fingerprint density at radius 1 is 1.27 bits per heavy atom. The Labute approximate surface area is 129 Å². The average Bonchev–Trinajstić information content (AvgIpc) is 2.57. The molecule has 1 saturated heterocycles. The highest BCUT2D eigenvalue weighted by Gasteiger charge is 2.25. The number of amides is 1. The van der Waals surface area contributed by atoms with Gasteiger partial charge in [0.05, 0.1) is 19.2 Å². The monoisotopic (exact) mass is 298 g/mol. The molecule has 0 aromatic carbocycles. The van der Waals surface area contributed by atoms with E-state index in [9.17, 15) is 4.79 Å². The van der Waals surface area contributed by atoms with Crippen molar-refractivity contribution in [1.29, 1.82) is 0 Å². The molecule has 114 valence electrons. The van der Waals surface area contributed by atoms with E-state index in [0.717, 1.165) is 24.9 Å². The van der Waals surface area contributed by atoms with E-state index in [0.29, 0.717) is 18.8 Å². The van der Waals surface area contributed by atoms with Crippen LogP contribution in [-0.4, -0.2) is 45.0 Å². The van der Waals surface area contributed by atoms with Gasteiger partial charge < -0.3 is 9.64 Å². The molecule has 22 heavy (non-hydrogen) atoms. The highest BCUT2D eigenvalue weighted by atomic mass is 16.5. The van der Waals surface area contributed by atoms with Gasteiger partial charge in [-0.3, -0.25) is 14.8 Å². The summed E-state index contributed by atoms with van der Waals surface area (Å²) in [6, 6.07) is 3.77. The molecule has 1 aliphatic heterocycles. The van der Waals surface area contributed by atoms with Gasteiger partial charge in [-0.25, -0.2) is 4.98 Å². The molecule has 6 nitrogen and oxygen atoms in total. The number of carbonyl (C=O) groups is 1. The van der Waals surface area contributed by atoms with E-state index < -0.39 is 0 Å². The number of nitrogens with zero attached hydrogens (tertiary/aromatic N) is 4. The van der Waals surface area contributed by atoms with E-state index in [4.69, 9.17) is 4.74 Å². The zero-order valence-corrected chi connectivity index (χ0v) is 12.3. The number of rotatable bonds is 4. The van der Waals surface area contributed by atoms with Crippen LogP contribution < -0.4 is 4.74 Å². The summed E-state index contributed by atoms with van der Waals surface area (Å²) in [5, 5.41) is 0. The Hall–Kier alpha value is -2.50. The van der Waals surface area contributed by atoms with E-state index >= 15 is 0 Å². The molecule has 0 N–H and O–H groups in total. The number of hydrogen-bond acceptors (Lipinski definition) is 5. The van der Waals surface area contributed by atoms with Crippen LogP contribution in [0.2, 0.25) is 0 Å². The van der Waals surface area contributed by atoms with Gasteiger partial charge in [-0.2, -0.15) is 0 Å². The first-order valence-corrected chi connectivity index (χ1v) is 7.40. The van der Waals surface area contributed by atoms with Gasteiger partial charge in [0.15, 0.2) is 0 Å². The number of hydrogen-bond donors (Lipinski definition) is 0. The van der Waals surface area contributed by atoms with Crippen molar-refractivity contribution in [2.45, 2.75) is 25.4 Å². The number of aromatic nitrogens is 3. The molecule has 2 aromatic rings. The maximum absolute atomic E-state index is 12.4. The number of likely N-dealkylation sites (tertiary alicyclic amines) is 1. The number of pyridine rings is 1. The second-order valence-corrected chi connectivity index (χ2v) is 5.30. The number of piperidine rings is 1. The lowest BCUT2D eigenvalue weighted by Crippen LogP contribution is -2.45. The molecule has 0 radical (unpaired) electrons. The first-order valence-electron chi connectivity index (χ1n) is 7.40. The van der Waals surface area contributed by atoms with Crippen molar-refractivity contribution in [2.75, 3.05) is 13.1 Å². The van der Waals surface area contributed by atoms with Crippen molar-refractivity contribution >= 4 is 5.91 Å². The van der Waals surface area contributed by atoms with Crippen molar-refractivity contribution in [3.8, 4) is 5.88 Å². The van der Waals surface area contributed by atoms with Gasteiger partial charge in [-0.05, 0) is 24.5 Å². The van der Waals surface area contributed by atoms with E-state index in [-0.39, 0.29) is 12.0 Å². The molecule has 6 heteroatoms. The maximum atomic E-state index is 12.4. The fraction of sp³-hybridized carbons (Fsp3) is 0.375. The molecule has 1 atom stereocenters. The van der Waals surface area contributed by atoms with Crippen LogP contribution in [0.3, 0.4) is 0 Å². The van der Waals surface area contributed by atoms with Crippen LogP contribution in [0.15, 0.2) is 43.1 Å². The van der Waals surface area contributed by atoms with Crippen molar-refractivity contribution in [2.24, 2.45) is 0 Å². The first kappa shape index (κ1) is 14.4. The summed E-state index contributed by atoms with van der Waals surface area (Å²) in [5.74, 6) is 0.620. The minimum atomic E-state index is -0.0247. The van der Waals surface area contributed by atoms with Gasteiger partial charge in [-0.15, -0.1) is 0 Å². The molecule has 2 aromatic heterocycles. The molecule has 1 amide bonds. The van der Waals surface area contributed by atoms with Crippen LogP contribution in [0.4, 0.5) is 0 Å². The topological polar surface area (TPSA) is 68.2 Å². The zero-order chi connectivity index (χ0) is 15.2. The highest BCUT2D eigenvalue weighted by molar-refractivity contribution is 5.78. The maximum Gasteiger partial charge on any atom is 0.232 e. The Bertz CT molecular complexity index is 606. The molecule has 1 fully saturated rings. The predicted molar refractivity (Wildman–Crippen MR) is 80.2 cm³/mol. The van der Waals surface area contributed by atoms with Gasteiger partial charge in [-0.1, -0.05) is 6.07 Å². The molecule has 3 rings (SSSR count). The second-order valence-electron chi connectivity index (χ2n) is 5.30. The molecule has 1 unspecified atom stereocenters. The minimum absolute atomic E-state index is 0.0247. The zero-order valence-electron chi connectivity index (χ0n) is 12.3. The molecule has 0 bridgehead atoms. The van der Waals surface area contributed by atoms with Gasteiger partial charge >= 0.3 is 0 Å². The molecule has 0 saturated carbocycles. The van der Waals surface area contributed by atoms with Crippen LogP contribution in [0.25, 0.3) is 0 Å². The SMILES string of the molecule is O=C(Cc1cccnc1)N1CCCC(Oc2cnccn2)C1. The standard InChI is InChI=1S/C16H18N4O2/c21-16(9-13-3-1-5-17-10-13)20-8-2-4-14(12-20)22-15-11-18-6-7-19-15/h1,3,5-7,10-11,14H,2,4,8-9,12H2. The summed E-state index contributed by atoms with van der Waals surface area (Å²) in [6.45, 7) is 1.37. The third kappa shape index (κ3) is 3.78. The summed E-state index contributed by atoms with van der Waals surface area (Å²) in [6.07, 6.45) is 10.5. The van der Waals surface area contributed by atoms with Crippen molar-refractivity contribution in [1.82, 2.24) is 19.9 Å². The van der Waals surface area contributed by atoms with E-state index in [2.05, 4.69) is 15.0 Å². The third-order valence-electron chi connectivity index (χ3n) is 3.64. The smallest absolute Gasteiger partial charge is 0.232 e. The van der Waals surface area contributed by atoms with E-state index in [1.165, 1.54) is 0 Å². The largest absolute Gasteiger partial charge is 0.471 e. The Morgan fingerprint density at radius 3 is 2.95 bits per heavy atom. The summed E-state index contributed by atoms with van der Waals surface area (Å²) in [7, 11) is 0. The highest BCUT2D eigenvalue weighted by Crippen LogP contribution is 2.16. The Morgan fingerprint density at radius 2 is 2.18 bits per heavy atom. The lowest BCUT2D eigenvalue weighted by atomic mass is 10.1. The van der Waals surface area contributed by atoms with Crippen LogP contribution in [0.5, 0.6) is 5.88 Å². The van der Waals surface area contributed by atoms with Gasteiger partial charge in [0.2, 0.25) is 11.8 Å². The predicted octanol–water partition coefficient (Wildman–Crippen LogP) is 1.48. The number of ether oxygens (including phenoxy) is 1.